The van der Waals surface area contributed by atoms with Gasteiger partial charge in [0.2, 0.25) is 0 Å². The number of rotatable bonds is 4. The molecule has 7 heteroatoms. The van der Waals surface area contributed by atoms with Gasteiger partial charge in [0.1, 0.15) is 0 Å². The van der Waals surface area contributed by atoms with Crippen molar-refractivity contribution in [2.75, 3.05) is 0 Å². The van der Waals surface area contributed by atoms with Crippen molar-refractivity contribution in [3.63, 3.8) is 0 Å². The van der Waals surface area contributed by atoms with Crippen molar-refractivity contribution >= 4 is 38.4 Å². The highest BCUT2D eigenvalue weighted by atomic mass is 35.5. The lowest BCUT2D eigenvalue weighted by atomic mass is 10.2. The van der Waals surface area contributed by atoms with Crippen LogP contribution in [-0.4, -0.2) is 13.6 Å². The number of nitrogens with one attached hydrogen (secondary N) is 1. The first-order chi connectivity index (χ1) is 9.90. The van der Waals surface area contributed by atoms with Crippen LogP contribution < -0.4 is 4.83 Å². The topological polar surface area (TPSA) is 58.5 Å². The summed E-state index contributed by atoms with van der Waals surface area (Å²) in [6.07, 6.45) is 0. The summed E-state index contributed by atoms with van der Waals surface area (Å²) < 4.78 is 24.1. The molecule has 2 rings (SSSR count). The Morgan fingerprint density at radius 3 is 2.33 bits per heavy atom. The predicted molar refractivity (Wildman–Crippen MR) is 85.3 cm³/mol. The third kappa shape index (κ3) is 3.97. The molecule has 0 saturated carbocycles. The zero-order valence-corrected chi connectivity index (χ0v) is 13.4. The van der Waals surface area contributed by atoms with Crippen LogP contribution in [0.15, 0.2) is 58.5 Å². The monoisotopic (exact) mass is 342 g/mol. The zero-order chi connectivity index (χ0) is 15.5. The molecule has 21 heavy (non-hydrogen) atoms. The van der Waals surface area contributed by atoms with Crippen LogP contribution in [0.2, 0.25) is 5.02 Å². The molecule has 0 aliphatic carbocycles. The maximum atomic E-state index is 12.1. The molecule has 0 atom stereocenters. The third-order valence-electron chi connectivity index (χ3n) is 2.69. The molecule has 0 aromatic heterocycles. The van der Waals surface area contributed by atoms with Crippen LogP contribution in [-0.2, 0) is 10.0 Å². The van der Waals surface area contributed by atoms with E-state index in [9.17, 15) is 8.42 Å². The highest BCUT2D eigenvalue weighted by molar-refractivity contribution is 7.89. The molecule has 2 aromatic rings. The maximum absolute atomic E-state index is 12.1. The summed E-state index contributed by atoms with van der Waals surface area (Å²) in [5.41, 5.74) is 1.42. The van der Waals surface area contributed by atoms with E-state index in [1.54, 1.807) is 36.4 Å². The molecule has 0 bridgehead atoms. The minimum atomic E-state index is -3.76. The van der Waals surface area contributed by atoms with Gasteiger partial charge in [-0.2, -0.15) is 18.4 Å². The lowest BCUT2D eigenvalue weighted by Gasteiger charge is -2.05. The predicted octanol–water partition coefficient (Wildman–Crippen LogP) is 3.53. The van der Waals surface area contributed by atoms with Gasteiger partial charge in [-0.1, -0.05) is 59.1 Å². The van der Waals surface area contributed by atoms with Gasteiger partial charge in [0, 0.05) is 5.56 Å². The number of benzene rings is 2. The fourth-order valence-corrected chi connectivity index (χ4v) is 2.90. The van der Waals surface area contributed by atoms with Gasteiger partial charge in [0.15, 0.2) is 5.17 Å². The SMILES string of the molecule is Cc1ccc(S(=O)(=O)NN=C(Cl)c2ccccc2Cl)cc1. The van der Waals surface area contributed by atoms with E-state index >= 15 is 0 Å². The molecule has 0 saturated heterocycles. The van der Waals surface area contributed by atoms with E-state index < -0.39 is 10.0 Å². The van der Waals surface area contributed by atoms with E-state index in [4.69, 9.17) is 23.2 Å². The zero-order valence-electron chi connectivity index (χ0n) is 11.0. The summed E-state index contributed by atoms with van der Waals surface area (Å²) in [6, 6.07) is 13.2. The normalized spacial score (nSPS) is 12.2. The summed E-state index contributed by atoms with van der Waals surface area (Å²) in [6.45, 7) is 1.87. The van der Waals surface area contributed by atoms with Crippen LogP contribution in [0.25, 0.3) is 0 Å². The number of hydrogen-bond donors (Lipinski definition) is 1. The number of hydrogen-bond acceptors (Lipinski definition) is 3. The van der Waals surface area contributed by atoms with Crippen LogP contribution in [0.1, 0.15) is 11.1 Å². The van der Waals surface area contributed by atoms with Gasteiger partial charge in [-0.25, -0.2) is 0 Å². The number of hydrazone groups is 1. The summed E-state index contributed by atoms with van der Waals surface area (Å²) in [5, 5.41) is 4.04. The average Bonchev–Trinajstić information content (AvgIpc) is 2.46. The molecule has 110 valence electrons. The summed E-state index contributed by atoms with van der Waals surface area (Å²) in [4.78, 5) is 2.20. The summed E-state index contributed by atoms with van der Waals surface area (Å²) in [7, 11) is -3.76. The minimum Gasteiger partial charge on any atom is -0.200 e. The average molecular weight is 343 g/mol. The molecule has 0 spiro atoms. The Morgan fingerprint density at radius 2 is 1.71 bits per heavy atom. The first-order valence-corrected chi connectivity index (χ1v) is 8.20. The summed E-state index contributed by atoms with van der Waals surface area (Å²) in [5.74, 6) is 0. The van der Waals surface area contributed by atoms with Gasteiger partial charge in [0.05, 0.1) is 9.92 Å². The fourth-order valence-electron chi connectivity index (χ4n) is 1.56. The van der Waals surface area contributed by atoms with Crippen molar-refractivity contribution in [3.8, 4) is 0 Å². The molecule has 0 heterocycles. The van der Waals surface area contributed by atoms with Crippen LogP contribution in [0, 0.1) is 6.92 Å². The largest absolute Gasteiger partial charge is 0.276 e. The van der Waals surface area contributed by atoms with E-state index in [-0.39, 0.29) is 10.1 Å². The van der Waals surface area contributed by atoms with E-state index in [1.165, 1.54) is 12.1 Å². The van der Waals surface area contributed by atoms with Gasteiger partial charge in [-0.3, -0.25) is 0 Å². The molecule has 0 radical (unpaired) electrons. The van der Waals surface area contributed by atoms with Gasteiger partial charge in [0.25, 0.3) is 10.0 Å². The Balaban J connectivity index is 2.23. The lowest BCUT2D eigenvalue weighted by Crippen LogP contribution is -2.19. The van der Waals surface area contributed by atoms with Crippen molar-refractivity contribution < 1.29 is 8.42 Å². The highest BCUT2D eigenvalue weighted by Gasteiger charge is 2.13. The van der Waals surface area contributed by atoms with Crippen LogP contribution in [0.5, 0.6) is 0 Å². The Morgan fingerprint density at radius 1 is 1.10 bits per heavy atom. The van der Waals surface area contributed by atoms with Crippen molar-refractivity contribution in [3.05, 3.63) is 64.7 Å². The quantitative estimate of drug-likeness (QED) is 0.682. The Hall–Kier alpha value is -1.56. The first kappa shape index (κ1) is 15.8. The molecular weight excluding hydrogens is 331 g/mol. The van der Waals surface area contributed by atoms with Gasteiger partial charge in [-0.05, 0) is 25.1 Å². The Bertz CT molecular complexity index is 772. The summed E-state index contributed by atoms with van der Waals surface area (Å²) >= 11 is 11.9. The maximum Gasteiger partial charge on any atom is 0.276 e. The van der Waals surface area contributed by atoms with Crippen LogP contribution in [0.3, 0.4) is 0 Å². The molecule has 0 amide bonds. The van der Waals surface area contributed by atoms with E-state index in [1.807, 2.05) is 6.92 Å². The molecule has 0 unspecified atom stereocenters. The third-order valence-corrected chi connectivity index (χ3v) is 4.53. The van der Waals surface area contributed by atoms with E-state index in [2.05, 4.69) is 9.93 Å². The number of aryl methyl sites for hydroxylation is 1. The number of sulfonamides is 1. The van der Waals surface area contributed by atoms with Gasteiger partial charge in [-0.15, -0.1) is 0 Å². The second-order valence-electron chi connectivity index (χ2n) is 4.29. The molecule has 2 aromatic carbocycles. The smallest absolute Gasteiger partial charge is 0.200 e. The molecule has 0 fully saturated rings. The standard InChI is InChI=1S/C14H12Cl2N2O2S/c1-10-6-8-11(9-7-10)21(19,20)18-17-14(16)12-4-2-3-5-13(12)15/h2-9,18H,1H3. The van der Waals surface area contributed by atoms with Gasteiger partial charge >= 0.3 is 0 Å². The Labute approximate surface area is 133 Å². The lowest BCUT2D eigenvalue weighted by molar-refractivity contribution is 0.584. The van der Waals surface area contributed by atoms with E-state index in [0.717, 1.165) is 5.56 Å². The molecular formula is C14H12Cl2N2O2S. The number of halogens is 2. The first-order valence-electron chi connectivity index (χ1n) is 5.97. The molecule has 1 N–H and O–H groups in total. The van der Waals surface area contributed by atoms with Crippen molar-refractivity contribution in [2.24, 2.45) is 5.10 Å². The molecule has 0 aliphatic rings. The van der Waals surface area contributed by atoms with Gasteiger partial charge < -0.3 is 0 Å². The number of nitrogens with zero attached hydrogens (tertiary/aromatic N) is 1. The van der Waals surface area contributed by atoms with Crippen molar-refractivity contribution in [1.82, 2.24) is 4.83 Å². The molecule has 4 nitrogen and oxygen atoms in total. The molecule has 0 aliphatic heterocycles. The highest BCUT2D eigenvalue weighted by Crippen LogP contribution is 2.18. The second kappa shape index (κ2) is 6.47. The van der Waals surface area contributed by atoms with E-state index in [0.29, 0.717) is 10.6 Å². The van der Waals surface area contributed by atoms with Crippen LogP contribution in [0.4, 0.5) is 0 Å². The Kier molecular flexibility index (Phi) is 4.88. The second-order valence-corrected chi connectivity index (χ2v) is 6.72. The fraction of sp³-hybridized carbons (Fsp3) is 0.0714. The minimum absolute atomic E-state index is 0.0312. The van der Waals surface area contributed by atoms with Crippen LogP contribution >= 0.6 is 23.2 Å². The van der Waals surface area contributed by atoms with Crippen molar-refractivity contribution in [1.29, 1.82) is 0 Å². The van der Waals surface area contributed by atoms with Crippen molar-refractivity contribution in [2.45, 2.75) is 11.8 Å².